The van der Waals surface area contributed by atoms with Crippen molar-refractivity contribution in [3.63, 3.8) is 0 Å². The lowest BCUT2D eigenvalue weighted by atomic mass is 10.0. The molecule has 0 aromatic heterocycles. The maximum atomic E-state index is 10.6. The van der Waals surface area contributed by atoms with Crippen LogP contribution in [0.15, 0.2) is 66.7 Å². The van der Waals surface area contributed by atoms with Crippen LogP contribution < -0.4 is 9.64 Å². The second-order valence-corrected chi connectivity index (χ2v) is 8.73. The Balaban J connectivity index is 1.99. The average molecular weight is 456 g/mol. The lowest BCUT2D eigenvalue weighted by Crippen LogP contribution is -2.14. The van der Waals surface area contributed by atoms with E-state index in [0.29, 0.717) is 28.3 Å². The molecule has 0 saturated heterocycles. The quantitative estimate of drug-likeness (QED) is 0.289. The largest absolute Gasteiger partial charge is 0.508 e. The number of nitrogens with zero attached hydrogens (tertiary/aromatic N) is 1. The lowest BCUT2D eigenvalue weighted by molar-refractivity contribution is 0.411. The standard InChI is InChI=1S/C29H29NO4/c1-17-10-11-25(31)29(16-17)34-28-9-7-6-8-22(28)30(23-12-18(2)14-26(32)20(23)4)24-13-19(3)15-27(33)21(24)5/h6-16,31-33H,1-5H3. The summed E-state index contributed by atoms with van der Waals surface area (Å²) in [4.78, 5) is 1.98. The van der Waals surface area contributed by atoms with Crippen LogP contribution in [0.3, 0.4) is 0 Å². The predicted molar refractivity (Wildman–Crippen MR) is 136 cm³/mol. The molecule has 34 heavy (non-hydrogen) atoms. The van der Waals surface area contributed by atoms with Crippen LogP contribution in [0.2, 0.25) is 0 Å². The normalized spacial score (nSPS) is 10.9. The number of para-hydroxylation sites is 2. The number of phenols is 3. The second-order valence-electron chi connectivity index (χ2n) is 8.73. The van der Waals surface area contributed by atoms with Gasteiger partial charge in [0, 0.05) is 11.1 Å². The summed E-state index contributed by atoms with van der Waals surface area (Å²) in [6, 6.07) is 20.2. The van der Waals surface area contributed by atoms with Crippen molar-refractivity contribution >= 4 is 17.1 Å². The molecule has 0 unspecified atom stereocenters. The first-order valence-electron chi connectivity index (χ1n) is 11.1. The maximum absolute atomic E-state index is 10.6. The summed E-state index contributed by atoms with van der Waals surface area (Å²) in [5.41, 5.74) is 6.36. The van der Waals surface area contributed by atoms with Crippen molar-refractivity contribution in [1.82, 2.24) is 0 Å². The number of hydrogen-bond acceptors (Lipinski definition) is 5. The SMILES string of the molecule is Cc1ccc(O)c(Oc2ccccc2N(c2cc(C)cc(O)c2C)c2cc(C)cc(O)c2C)c1. The number of aromatic hydroxyl groups is 3. The number of rotatable bonds is 5. The molecule has 174 valence electrons. The number of hydrogen-bond donors (Lipinski definition) is 3. The molecule has 0 aliphatic carbocycles. The lowest BCUT2D eigenvalue weighted by Gasteiger charge is -2.31. The molecule has 0 spiro atoms. The minimum absolute atomic E-state index is 0.0423. The Morgan fingerprint density at radius 2 is 1.09 bits per heavy atom. The number of phenolic OH excluding ortho intramolecular Hbond substituents is 3. The molecule has 0 saturated carbocycles. The first kappa shape index (κ1) is 23.1. The van der Waals surface area contributed by atoms with Crippen LogP contribution in [-0.2, 0) is 0 Å². The highest BCUT2D eigenvalue weighted by molar-refractivity contribution is 5.85. The Bertz CT molecular complexity index is 1320. The molecule has 0 fully saturated rings. The highest BCUT2D eigenvalue weighted by Crippen LogP contribution is 2.47. The van der Waals surface area contributed by atoms with E-state index in [-0.39, 0.29) is 17.2 Å². The van der Waals surface area contributed by atoms with Gasteiger partial charge in [-0.25, -0.2) is 0 Å². The van der Waals surface area contributed by atoms with Crippen LogP contribution in [0.25, 0.3) is 0 Å². The molecule has 4 aromatic carbocycles. The summed E-state index contributed by atoms with van der Waals surface area (Å²) in [6.45, 7) is 9.50. The number of ether oxygens (including phenoxy) is 1. The number of benzene rings is 4. The van der Waals surface area contributed by atoms with Gasteiger partial charge in [0.1, 0.15) is 11.5 Å². The zero-order chi connectivity index (χ0) is 24.6. The van der Waals surface area contributed by atoms with E-state index in [2.05, 4.69) is 0 Å². The van der Waals surface area contributed by atoms with Crippen molar-refractivity contribution in [3.8, 4) is 28.7 Å². The van der Waals surface area contributed by atoms with E-state index in [9.17, 15) is 15.3 Å². The highest BCUT2D eigenvalue weighted by atomic mass is 16.5. The minimum Gasteiger partial charge on any atom is -0.508 e. The summed E-state index contributed by atoms with van der Waals surface area (Å²) in [5, 5.41) is 31.7. The van der Waals surface area contributed by atoms with Gasteiger partial charge in [0.25, 0.3) is 0 Å². The van der Waals surface area contributed by atoms with Gasteiger partial charge in [0.05, 0.1) is 17.1 Å². The Kier molecular flexibility index (Phi) is 6.12. The third-order valence-electron chi connectivity index (χ3n) is 5.92. The van der Waals surface area contributed by atoms with Gasteiger partial charge in [-0.15, -0.1) is 0 Å². The Labute approximate surface area is 200 Å². The fraction of sp³-hybridized carbons (Fsp3) is 0.172. The molecule has 0 aliphatic rings. The van der Waals surface area contributed by atoms with E-state index in [4.69, 9.17) is 4.74 Å². The fourth-order valence-electron chi connectivity index (χ4n) is 4.04. The van der Waals surface area contributed by atoms with Crippen LogP contribution in [0.5, 0.6) is 28.7 Å². The van der Waals surface area contributed by atoms with Crippen LogP contribution in [0.4, 0.5) is 17.1 Å². The molecule has 0 amide bonds. The molecule has 5 nitrogen and oxygen atoms in total. The first-order chi connectivity index (χ1) is 16.2. The van der Waals surface area contributed by atoms with Crippen LogP contribution >= 0.6 is 0 Å². The van der Waals surface area contributed by atoms with Gasteiger partial charge in [-0.05, 0) is 99.8 Å². The Morgan fingerprint density at radius 3 is 1.68 bits per heavy atom. The van der Waals surface area contributed by atoms with Crippen molar-refractivity contribution in [1.29, 1.82) is 0 Å². The molecule has 0 radical (unpaired) electrons. The van der Waals surface area contributed by atoms with Crippen LogP contribution in [0, 0.1) is 34.6 Å². The van der Waals surface area contributed by atoms with Crippen molar-refractivity contribution < 1.29 is 20.1 Å². The zero-order valence-electron chi connectivity index (χ0n) is 20.0. The van der Waals surface area contributed by atoms with Gasteiger partial charge in [-0.3, -0.25) is 0 Å². The van der Waals surface area contributed by atoms with Crippen LogP contribution in [0.1, 0.15) is 27.8 Å². The summed E-state index contributed by atoms with van der Waals surface area (Å²) >= 11 is 0. The zero-order valence-corrected chi connectivity index (χ0v) is 20.0. The fourth-order valence-corrected chi connectivity index (χ4v) is 4.04. The number of anilines is 3. The smallest absolute Gasteiger partial charge is 0.169 e. The summed E-state index contributed by atoms with van der Waals surface area (Å²) in [6.07, 6.45) is 0. The molecule has 4 aromatic rings. The summed E-state index contributed by atoms with van der Waals surface area (Å²) < 4.78 is 6.23. The highest BCUT2D eigenvalue weighted by Gasteiger charge is 2.23. The van der Waals surface area contributed by atoms with Crippen LogP contribution in [-0.4, -0.2) is 15.3 Å². The van der Waals surface area contributed by atoms with Crippen molar-refractivity contribution in [3.05, 3.63) is 94.5 Å². The molecule has 0 atom stereocenters. The topological polar surface area (TPSA) is 73.2 Å². The van der Waals surface area contributed by atoms with Crippen molar-refractivity contribution in [2.75, 3.05) is 4.90 Å². The maximum Gasteiger partial charge on any atom is 0.169 e. The Morgan fingerprint density at radius 1 is 0.529 bits per heavy atom. The molecule has 0 aliphatic heterocycles. The number of aryl methyl sites for hydroxylation is 3. The second kappa shape index (κ2) is 9.02. The van der Waals surface area contributed by atoms with Gasteiger partial charge >= 0.3 is 0 Å². The van der Waals surface area contributed by atoms with Crippen molar-refractivity contribution in [2.24, 2.45) is 0 Å². The van der Waals surface area contributed by atoms with Gasteiger partial charge < -0.3 is 25.0 Å². The molecular weight excluding hydrogens is 426 g/mol. The van der Waals surface area contributed by atoms with E-state index in [1.807, 2.05) is 82.0 Å². The molecule has 3 N–H and O–H groups in total. The molecule has 0 heterocycles. The average Bonchev–Trinajstić information content (AvgIpc) is 2.78. The molecule has 5 heteroatoms. The Hall–Kier alpha value is -4.12. The third-order valence-corrected chi connectivity index (χ3v) is 5.92. The van der Waals surface area contributed by atoms with Gasteiger partial charge in [-0.2, -0.15) is 0 Å². The van der Waals surface area contributed by atoms with E-state index in [1.54, 1.807) is 24.3 Å². The monoisotopic (exact) mass is 455 g/mol. The van der Waals surface area contributed by atoms with Gasteiger partial charge in [-0.1, -0.05) is 18.2 Å². The van der Waals surface area contributed by atoms with E-state index < -0.39 is 0 Å². The summed E-state index contributed by atoms with van der Waals surface area (Å²) in [5.74, 6) is 1.28. The third kappa shape index (κ3) is 4.37. The van der Waals surface area contributed by atoms with Gasteiger partial charge in [0.15, 0.2) is 17.2 Å². The first-order valence-corrected chi connectivity index (χ1v) is 11.1. The molecule has 0 bridgehead atoms. The van der Waals surface area contributed by atoms with Crippen molar-refractivity contribution in [2.45, 2.75) is 34.6 Å². The predicted octanol–water partition coefficient (Wildman–Crippen LogP) is 7.61. The summed E-state index contributed by atoms with van der Waals surface area (Å²) in [7, 11) is 0. The molecular formula is C29H29NO4. The van der Waals surface area contributed by atoms with E-state index in [0.717, 1.165) is 28.1 Å². The molecule has 4 rings (SSSR count). The van der Waals surface area contributed by atoms with E-state index in [1.165, 1.54) is 0 Å². The minimum atomic E-state index is 0.0423. The van der Waals surface area contributed by atoms with E-state index >= 15 is 0 Å². The van der Waals surface area contributed by atoms with Gasteiger partial charge in [0.2, 0.25) is 0 Å².